The summed E-state index contributed by atoms with van der Waals surface area (Å²) in [5, 5.41) is 23.6. The van der Waals surface area contributed by atoms with Crippen LogP contribution in [0.4, 0.5) is 0 Å². The standard InChI is InChI=1S/C52H55N11O5/c1-28(64)60-40(11-5-25-59-52(56)57)48(66)62-42(27-36-19-17-34-15-13-30-7-3-9-32-21-23-38(36)46(34)44(30)32)50(68)63-41(49(67)61-39(47(53)65)10-4-24-58-51(54)55)26-35-18-16-33-14-12-29-6-2-8-31-20-22-37(35)45(33)43(29)31/h2-3,6-9,12-23,39-42H,4-5,10-11,24-27H2,1H3,(H2,53,65)(H,60,64)(H,61,67)(H,62,66)(H,63,68)(H4,54,55,58)(H4,56,57,59)/t39-,40-,41-,42-/m1/s1. The van der Waals surface area contributed by atoms with E-state index in [1.807, 2.05) is 60.7 Å². The first-order valence-electron chi connectivity index (χ1n) is 22.6. The van der Waals surface area contributed by atoms with Gasteiger partial charge in [0.1, 0.15) is 24.2 Å². The second-order valence-electron chi connectivity index (χ2n) is 17.3. The van der Waals surface area contributed by atoms with Crippen LogP contribution in [0.5, 0.6) is 0 Å². The van der Waals surface area contributed by atoms with Crippen molar-refractivity contribution < 1.29 is 24.0 Å². The van der Waals surface area contributed by atoms with Crippen molar-refractivity contribution in [3.8, 4) is 0 Å². The average molecular weight is 914 g/mol. The largest absolute Gasteiger partial charge is 0.370 e. The summed E-state index contributed by atoms with van der Waals surface area (Å²) in [5.74, 6) is -3.41. The molecule has 8 aromatic carbocycles. The van der Waals surface area contributed by atoms with E-state index in [1.165, 1.54) is 6.92 Å². The van der Waals surface area contributed by atoms with E-state index in [4.69, 9.17) is 28.7 Å². The van der Waals surface area contributed by atoms with E-state index in [0.717, 1.165) is 75.8 Å². The Balaban J connectivity index is 1.17. The summed E-state index contributed by atoms with van der Waals surface area (Å²) in [6.07, 6.45) is 0.965. The minimum Gasteiger partial charge on any atom is -0.370 e. The number of hydrogen-bond acceptors (Lipinski definition) is 7. The van der Waals surface area contributed by atoms with Crippen LogP contribution in [0, 0.1) is 0 Å². The minimum absolute atomic E-state index is 0.00390. The molecule has 0 aliphatic rings. The van der Waals surface area contributed by atoms with Crippen molar-refractivity contribution in [2.45, 2.75) is 69.6 Å². The lowest BCUT2D eigenvalue weighted by atomic mass is 9.89. The molecule has 0 aromatic heterocycles. The van der Waals surface area contributed by atoms with Crippen LogP contribution in [0.2, 0.25) is 0 Å². The van der Waals surface area contributed by atoms with Crippen molar-refractivity contribution in [3.05, 3.63) is 120 Å². The van der Waals surface area contributed by atoms with E-state index in [9.17, 15) is 19.2 Å². The van der Waals surface area contributed by atoms with Gasteiger partial charge >= 0.3 is 0 Å². The summed E-state index contributed by atoms with van der Waals surface area (Å²) in [5.41, 5.74) is 29.4. The Labute approximate surface area is 391 Å². The molecule has 14 N–H and O–H groups in total. The Morgan fingerprint density at radius 2 is 0.794 bits per heavy atom. The molecule has 0 unspecified atom stereocenters. The van der Waals surface area contributed by atoms with Gasteiger partial charge in [-0.1, -0.05) is 109 Å². The number of carbonyl (C=O) groups is 5. The fourth-order valence-corrected chi connectivity index (χ4v) is 9.43. The number of nitrogens with two attached hydrogens (primary N) is 5. The van der Waals surface area contributed by atoms with E-state index in [-0.39, 0.29) is 50.7 Å². The maximum atomic E-state index is 15.1. The van der Waals surface area contributed by atoms with Crippen molar-refractivity contribution >= 4 is 106 Å². The Hall–Kier alpha value is -8.27. The van der Waals surface area contributed by atoms with Gasteiger partial charge in [-0.2, -0.15) is 0 Å². The zero-order valence-electron chi connectivity index (χ0n) is 37.7. The van der Waals surface area contributed by atoms with Gasteiger partial charge in [0.15, 0.2) is 11.9 Å². The first-order chi connectivity index (χ1) is 32.7. The molecular weight excluding hydrogens is 859 g/mol. The highest BCUT2D eigenvalue weighted by Crippen LogP contribution is 2.38. The predicted molar refractivity (Wildman–Crippen MR) is 270 cm³/mol. The number of primary amides is 1. The molecule has 0 aliphatic heterocycles. The number of nitrogens with one attached hydrogen (secondary N) is 4. The number of carbonyl (C=O) groups excluding carboxylic acids is 5. The number of aliphatic imine (C=N–C) groups is 2. The lowest BCUT2D eigenvalue weighted by Crippen LogP contribution is -2.59. The summed E-state index contributed by atoms with van der Waals surface area (Å²) >= 11 is 0. The van der Waals surface area contributed by atoms with Gasteiger partial charge in [0.2, 0.25) is 29.5 Å². The van der Waals surface area contributed by atoms with E-state index in [1.54, 1.807) is 0 Å². The van der Waals surface area contributed by atoms with Crippen LogP contribution in [0.1, 0.15) is 43.7 Å². The van der Waals surface area contributed by atoms with Crippen LogP contribution in [-0.4, -0.2) is 78.7 Å². The highest BCUT2D eigenvalue weighted by Gasteiger charge is 2.32. The molecule has 68 heavy (non-hydrogen) atoms. The SMILES string of the molecule is CC(=O)N[C@H](CCCN=C(N)N)C(=O)N[C@H](Cc1ccc2ccc3cccc4ccc1c2c34)C(=O)N[C@H](Cc1ccc2ccc3cccc4ccc1c2c34)C(=O)N[C@H](CCCN=C(N)N)C(N)=O. The van der Waals surface area contributed by atoms with Crippen LogP contribution in [-0.2, 0) is 36.8 Å². The lowest BCUT2D eigenvalue weighted by Gasteiger charge is -2.27. The van der Waals surface area contributed by atoms with Gasteiger partial charge in [-0.3, -0.25) is 34.0 Å². The lowest BCUT2D eigenvalue weighted by molar-refractivity contribution is -0.134. The predicted octanol–water partition coefficient (Wildman–Crippen LogP) is 3.82. The molecule has 0 fully saturated rings. The molecule has 0 saturated carbocycles. The van der Waals surface area contributed by atoms with Crippen molar-refractivity contribution in [1.82, 2.24) is 21.3 Å². The molecule has 348 valence electrons. The fourth-order valence-electron chi connectivity index (χ4n) is 9.43. The highest BCUT2D eigenvalue weighted by molar-refractivity contribution is 6.24. The summed E-state index contributed by atoms with van der Waals surface area (Å²) in [6, 6.07) is 31.7. The van der Waals surface area contributed by atoms with E-state index >= 15 is 4.79 Å². The van der Waals surface area contributed by atoms with Crippen LogP contribution in [0.3, 0.4) is 0 Å². The van der Waals surface area contributed by atoms with Gasteiger partial charge in [-0.05, 0) is 101 Å². The van der Waals surface area contributed by atoms with Crippen molar-refractivity contribution in [2.24, 2.45) is 38.7 Å². The average Bonchev–Trinajstić information content (AvgIpc) is 3.31. The van der Waals surface area contributed by atoms with Crippen molar-refractivity contribution in [2.75, 3.05) is 13.1 Å². The zero-order chi connectivity index (χ0) is 48.1. The van der Waals surface area contributed by atoms with E-state index < -0.39 is 53.7 Å². The van der Waals surface area contributed by atoms with Crippen molar-refractivity contribution in [3.63, 3.8) is 0 Å². The number of benzene rings is 8. The molecule has 0 bridgehead atoms. The molecule has 0 saturated heterocycles. The smallest absolute Gasteiger partial charge is 0.243 e. The van der Waals surface area contributed by atoms with Gasteiger partial charge in [-0.25, -0.2) is 0 Å². The first-order valence-corrected chi connectivity index (χ1v) is 22.6. The van der Waals surface area contributed by atoms with Crippen LogP contribution in [0.25, 0.3) is 64.6 Å². The highest BCUT2D eigenvalue weighted by atomic mass is 16.2. The molecule has 0 spiro atoms. The molecule has 8 aromatic rings. The molecule has 4 atom stereocenters. The van der Waals surface area contributed by atoms with Crippen molar-refractivity contribution in [1.29, 1.82) is 0 Å². The Morgan fingerprint density at radius 3 is 1.19 bits per heavy atom. The molecule has 16 nitrogen and oxygen atoms in total. The number of guanidine groups is 2. The number of hydrogen-bond donors (Lipinski definition) is 9. The third-order valence-corrected chi connectivity index (χ3v) is 12.6. The fraction of sp³-hybridized carbons (Fsp3) is 0.250. The molecule has 5 amide bonds. The second-order valence-corrected chi connectivity index (χ2v) is 17.3. The monoisotopic (exact) mass is 913 g/mol. The maximum Gasteiger partial charge on any atom is 0.243 e. The van der Waals surface area contributed by atoms with Crippen LogP contribution >= 0.6 is 0 Å². The van der Waals surface area contributed by atoms with Crippen LogP contribution in [0.15, 0.2) is 119 Å². The number of nitrogens with zero attached hydrogens (tertiary/aromatic N) is 2. The molecule has 0 aliphatic carbocycles. The second kappa shape index (κ2) is 20.1. The number of amides is 5. The zero-order valence-corrected chi connectivity index (χ0v) is 37.7. The van der Waals surface area contributed by atoms with Gasteiger partial charge < -0.3 is 49.9 Å². The summed E-state index contributed by atoms with van der Waals surface area (Å²) in [6.45, 7) is 1.70. The van der Waals surface area contributed by atoms with E-state index in [2.05, 4.69) is 79.8 Å². The summed E-state index contributed by atoms with van der Waals surface area (Å²) in [4.78, 5) is 77.3. The Kier molecular flexibility index (Phi) is 13.7. The summed E-state index contributed by atoms with van der Waals surface area (Å²) < 4.78 is 0. The third-order valence-electron chi connectivity index (χ3n) is 12.6. The quantitative estimate of drug-likeness (QED) is 0.0232. The maximum absolute atomic E-state index is 15.1. The Bertz CT molecular complexity index is 3220. The van der Waals surface area contributed by atoms with Gasteiger partial charge in [-0.15, -0.1) is 0 Å². The molecule has 0 radical (unpaired) electrons. The first kappa shape index (κ1) is 46.3. The van der Waals surface area contributed by atoms with Gasteiger partial charge in [0, 0.05) is 32.9 Å². The normalized spacial score (nSPS) is 13.3. The number of rotatable bonds is 20. The third kappa shape index (κ3) is 10.1. The van der Waals surface area contributed by atoms with Gasteiger partial charge in [0.25, 0.3) is 0 Å². The van der Waals surface area contributed by atoms with E-state index in [0.29, 0.717) is 12.8 Å². The minimum atomic E-state index is -1.27. The molecule has 0 heterocycles. The van der Waals surface area contributed by atoms with Crippen LogP contribution < -0.4 is 49.9 Å². The molecule has 8 rings (SSSR count). The van der Waals surface area contributed by atoms with Gasteiger partial charge in [0.05, 0.1) is 0 Å². The molecule has 16 heteroatoms. The topological polar surface area (TPSA) is 288 Å². The Morgan fingerprint density at radius 1 is 0.441 bits per heavy atom. The molecular formula is C52H55N11O5. The summed E-state index contributed by atoms with van der Waals surface area (Å²) in [7, 11) is 0.